The van der Waals surface area contributed by atoms with Gasteiger partial charge < -0.3 is 10.2 Å². The third-order valence-electron chi connectivity index (χ3n) is 5.27. The number of piperidine rings is 1. The quantitative estimate of drug-likeness (QED) is 0.905. The third-order valence-corrected chi connectivity index (χ3v) is 5.27. The molecule has 1 N–H and O–H groups in total. The summed E-state index contributed by atoms with van der Waals surface area (Å²) in [6, 6.07) is 6.38. The summed E-state index contributed by atoms with van der Waals surface area (Å²) in [7, 11) is 0. The monoisotopic (exact) mass is 318 g/mol. The van der Waals surface area contributed by atoms with Gasteiger partial charge in [-0.1, -0.05) is 26.0 Å². The molecule has 0 bridgehead atoms. The van der Waals surface area contributed by atoms with Crippen LogP contribution in [0.5, 0.6) is 0 Å². The standard InChI is InChI=1S/C19H27FN2O/c1-18(2)8-3-12-22(14-18)13-11-21-17(23)19(9-10-19)15-4-6-16(20)7-5-15/h4-7H,3,8-14H2,1-2H3,(H,21,23). The van der Waals surface area contributed by atoms with Crippen LogP contribution in [0.4, 0.5) is 4.39 Å². The van der Waals surface area contributed by atoms with Crippen molar-refractivity contribution in [3.05, 3.63) is 35.6 Å². The molecule has 2 fully saturated rings. The average Bonchev–Trinajstić information content (AvgIpc) is 3.28. The van der Waals surface area contributed by atoms with Crippen LogP contribution in [0.1, 0.15) is 45.1 Å². The highest BCUT2D eigenvalue weighted by molar-refractivity contribution is 5.91. The molecule has 1 saturated heterocycles. The minimum Gasteiger partial charge on any atom is -0.354 e. The van der Waals surface area contributed by atoms with Crippen molar-refractivity contribution in [1.82, 2.24) is 10.2 Å². The van der Waals surface area contributed by atoms with E-state index in [1.165, 1.54) is 25.0 Å². The number of rotatable bonds is 5. The van der Waals surface area contributed by atoms with Crippen molar-refractivity contribution >= 4 is 5.91 Å². The average molecular weight is 318 g/mol. The highest BCUT2D eigenvalue weighted by atomic mass is 19.1. The van der Waals surface area contributed by atoms with Gasteiger partial charge in [-0.2, -0.15) is 0 Å². The molecule has 126 valence electrons. The van der Waals surface area contributed by atoms with E-state index in [0.29, 0.717) is 12.0 Å². The summed E-state index contributed by atoms with van der Waals surface area (Å²) in [6.07, 6.45) is 4.24. The Kier molecular flexibility index (Phi) is 4.45. The molecule has 1 amide bonds. The van der Waals surface area contributed by atoms with Gasteiger partial charge in [0.2, 0.25) is 5.91 Å². The first-order valence-corrected chi connectivity index (χ1v) is 8.68. The zero-order valence-corrected chi connectivity index (χ0v) is 14.2. The Balaban J connectivity index is 1.51. The minimum atomic E-state index is -0.408. The molecule has 1 saturated carbocycles. The van der Waals surface area contributed by atoms with E-state index < -0.39 is 5.41 Å². The molecule has 3 nitrogen and oxygen atoms in total. The van der Waals surface area contributed by atoms with Crippen LogP contribution in [-0.2, 0) is 10.2 Å². The fraction of sp³-hybridized carbons (Fsp3) is 0.632. The molecule has 0 aromatic heterocycles. The van der Waals surface area contributed by atoms with Gasteiger partial charge in [0.05, 0.1) is 5.41 Å². The maximum Gasteiger partial charge on any atom is 0.230 e. The van der Waals surface area contributed by atoms with Crippen LogP contribution in [0.25, 0.3) is 0 Å². The topological polar surface area (TPSA) is 32.3 Å². The minimum absolute atomic E-state index is 0.0976. The Bertz CT molecular complexity index is 563. The smallest absolute Gasteiger partial charge is 0.230 e. The molecule has 4 heteroatoms. The van der Waals surface area contributed by atoms with Gasteiger partial charge in [-0.05, 0) is 55.3 Å². The summed E-state index contributed by atoms with van der Waals surface area (Å²) in [6.45, 7) is 8.46. The number of nitrogens with zero attached hydrogens (tertiary/aromatic N) is 1. The predicted molar refractivity (Wildman–Crippen MR) is 89.8 cm³/mol. The molecule has 23 heavy (non-hydrogen) atoms. The summed E-state index contributed by atoms with van der Waals surface area (Å²) in [5.41, 5.74) is 0.915. The maximum absolute atomic E-state index is 13.1. The van der Waals surface area contributed by atoms with Gasteiger partial charge in [0.25, 0.3) is 0 Å². The molecular weight excluding hydrogens is 291 g/mol. The molecule has 1 aromatic rings. The first kappa shape index (κ1) is 16.4. The molecule has 1 aliphatic carbocycles. The van der Waals surface area contributed by atoms with Crippen LogP contribution in [0.3, 0.4) is 0 Å². The van der Waals surface area contributed by atoms with Gasteiger partial charge in [-0.15, -0.1) is 0 Å². The first-order valence-electron chi connectivity index (χ1n) is 8.68. The van der Waals surface area contributed by atoms with E-state index in [-0.39, 0.29) is 11.7 Å². The number of nitrogens with one attached hydrogen (secondary N) is 1. The Morgan fingerprint density at radius 1 is 1.22 bits per heavy atom. The second-order valence-corrected chi connectivity index (χ2v) is 7.89. The lowest BCUT2D eigenvalue weighted by atomic mass is 9.84. The van der Waals surface area contributed by atoms with Crippen molar-refractivity contribution in [1.29, 1.82) is 0 Å². The molecule has 0 atom stereocenters. The van der Waals surface area contributed by atoms with Crippen LogP contribution in [0.2, 0.25) is 0 Å². The van der Waals surface area contributed by atoms with Gasteiger partial charge in [0.1, 0.15) is 5.82 Å². The van der Waals surface area contributed by atoms with Crippen LogP contribution in [0, 0.1) is 11.2 Å². The molecule has 0 radical (unpaired) electrons. The summed E-state index contributed by atoms with van der Waals surface area (Å²) in [5, 5.41) is 3.10. The normalized spacial score (nSPS) is 22.6. The fourth-order valence-corrected chi connectivity index (χ4v) is 3.77. The number of likely N-dealkylation sites (tertiary alicyclic amines) is 1. The van der Waals surface area contributed by atoms with Crippen molar-refractivity contribution in [2.75, 3.05) is 26.2 Å². The first-order chi connectivity index (χ1) is 10.9. The van der Waals surface area contributed by atoms with E-state index >= 15 is 0 Å². The molecular formula is C19H27FN2O. The highest BCUT2D eigenvalue weighted by Gasteiger charge is 2.51. The Morgan fingerprint density at radius 2 is 1.91 bits per heavy atom. The Morgan fingerprint density at radius 3 is 2.52 bits per heavy atom. The maximum atomic E-state index is 13.1. The Hall–Kier alpha value is -1.42. The number of amides is 1. The fourth-order valence-electron chi connectivity index (χ4n) is 3.77. The second-order valence-electron chi connectivity index (χ2n) is 7.89. The highest BCUT2D eigenvalue weighted by Crippen LogP contribution is 2.48. The molecule has 1 aromatic carbocycles. The number of halogens is 1. The van der Waals surface area contributed by atoms with Crippen molar-refractivity contribution in [2.24, 2.45) is 5.41 Å². The SMILES string of the molecule is CC1(C)CCCN(CCNC(=O)C2(c3ccc(F)cc3)CC2)C1. The van der Waals surface area contributed by atoms with E-state index in [9.17, 15) is 9.18 Å². The van der Waals surface area contributed by atoms with E-state index in [1.807, 2.05) is 0 Å². The third kappa shape index (κ3) is 3.74. The number of hydrogen-bond acceptors (Lipinski definition) is 2. The lowest BCUT2D eigenvalue weighted by Crippen LogP contribution is -2.45. The largest absolute Gasteiger partial charge is 0.354 e. The van der Waals surface area contributed by atoms with E-state index in [2.05, 4.69) is 24.1 Å². The second kappa shape index (κ2) is 6.23. The van der Waals surface area contributed by atoms with E-state index in [0.717, 1.165) is 38.0 Å². The lowest BCUT2D eigenvalue weighted by Gasteiger charge is -2.38. The number of carbonyl (C=O) groups is 1. The van der Waals surface area contributed by atoms with Gasteiger partial charge in [-0.3, -0.25) is 4.79 Å². The van der Waals surface area contributed by atoms with Gasteiger partial charge >= 0.3 is 0 Å². The zero-order chi connectivity index (χ0) is 16.5. The molecule has 2 aliphatic rings. The number of carbonyl (C=O) groups excluding carboxylic acids is 1. The summed E-state index contributed by atoms with van der Waals surface area (Å²) in [4.78, 5) is 15.0. The van der Waals surface area contributed by atoms with Gasteiger partial charge in [0, 0.05) is 19.6 Å². The number of benzene rings is 1. The molecule has 0 spiro atoms. The summed E-state index contributed by atoms with van der Waals surface area (Å²) < 4.78 is 13.1. The van der Waals surface area contributed by atoms with Gasteiger partial charge in [-0.25, -0.2) is 4.39 Å². The zero-order valence-electron chi connectivity index (χ0n) is 14.2. The molecule has 1 heterocycles. The summed E-state index contributed by atoms with van der Waals surface area (Å²) >= 11 is 0. The summed E-state index contributed by atoms with van der Waals surface area (Å²) in [5.74, 6) is -0.155. The van der Waals surface area contributed by atoms with E-state index in [4.69, 9.17) is 0 Å². The van der Waals surface area contributed by atoms with Crippen LogP contribution >= 0.6 is 0 Å². The van der Waals surface area contributed by atoms with Crippen molar-refractivity contribution in [3.8, 4) is 0 Å². The number of hydrogen-bond donors (Lipinski definition) is 1. The Labute approximate surface area is 138 Å². The lowest BCUT2D eigenvalue weighted by molar-refractivity contribution is -0.123. The van der Waals surface area contributed by atoms with Crippen LogP contribution in [0.15, 0.2) is 24.3 Å². The van der Waals surface area contributed by atoms with E-state index in [1.54, 1.807) is 12.1 Å². The van der Waals surface area contributed by atoms with Crippen molar-refractivity contribution in [3.63, 3.8) is 0 Å². The molecule has 1 aliphatic heterocycles. The molecule has 0 unspecified atom stereocenters. The van der Waals surface area contributed by atoms with Crippen LogP contribution < -0.4 is 5.32 Å². The van der Waals surface area contributed by atoms with Crippen molar-refractivity contribution < 1.29 is 9.18 Å². The van der Waals surface area contributed by atoms with Crippen molar-refractivity contribution in [2.45, 2.75) is 44.9 Å². The van der Waals surface area contributed by atoms with Gasteiger partial charge in [0.15, 0.2) is 0 Å². The van der Waals surface area contributed by atoms with Crippen LogP contribution in [-0.4, -0.2) is 37.0 Å². The molecule has 3 rings (SSSR count). The predicted octanol–water partition coefficient (Wildman–Crippen LogP) is 3.10.